The molecule has 0 heterocycles. The molecule has 1 fully saturated rings. The number of halogens is 1. The Morgan fingerprint density at radius 1 is 1.13 bits per heavy atom. The largest absolute Gasteiger partial charge is 0.489 e. The van der Waals surface area contributed by atoms with Crippen molar-refractivity contribution in [3.63, 3.8) is 0 Å². The second kappa shape index (κ2) is 10.8. The lowest BCUT2D eigenvalue weighted by Crippen LogP contribution is -2.27. The van der Waals surface area contributed by atoms with E-state index in [-0.39, 0.29) is 11.6 Å². The summed E-state index contributed by atoms with van der Waals surface area (Å²) >= 11 is 5.97. The summed E-state index contributed by atoms with van der Waals surface area (Å²) in [5.41, 5.74) is 1.50. The molecule has 0 unspecified atom stereocenters. The smallest absolute Gasteiger partial charge is 0.352 e. The van der Waals surface area contributed by atoms with Gasteiger partial charge in [-0.1, -0.05) is 61.5 Å². The zero-order chi connectivity index (χ0) is 21.3. The third-order valence-electron chi connectivity index (χ3n) is 5.24. The number of hydrogen-bond acceptors (Lipinski definition) is 3. The van der Waals surface area contributed by atoms with Crippen molar-refractivity contribution in [3.05, 3.63) is 70.4 Å². The molecule has 1 saturated carbocycles. The van der Waals surface area contributed by atoms with E-state index in [0.29, 0.717) is 35.3 Å². The molecule has 30 heavy (non-hydrogen) atoms. The normalized spacial score (nSPS) is 14.5. The van der Waals surface area contributed by atoms with Crippen molar-refractivity contribution < 1.29 is 19.4 Å². The molecule has 0 atom stereocenters. The number of hydrogen-bond donors (Lipinski definition) is 2. The third kappa shape index (κ3) is 6.92. The minimum Gasteiger partial charge on any atom is -0.489 e. The van der Waals surface area contributed by atoms with Gasteiger partial charge in [-0.25, -0.2) is 4.79 Å². The SMILES string of the molecule is O=C(CCC1CCCC1)N/C(=C/c1ccc(OCc2cccc(Cl)c2)cc1)C(=O)O. The summed E-state index contributed by atoms with van der Waals surface area (Å²) in [5, 5.41) is 12.6. The topological polar surface area (TPSA) is 75.6 Å². The van der Waals surface area contributed by atoms with Crippen LogP contribution in [-0.4, -0.2) is 17.0 Å². The number of aliphatic carboxylic acids is 1. The summed E-state index contributed by atoms with van der Waals surface area (Å²) in [7, 11) is 0. The van der Waals surface area contributed by atoms with Crippen LogP contribution in [0.25, 0.3) is 6.08 Å². The van der Waals surface area contributed by atoms with Gasteiger partial charge in [0, 0.05) is 11.4 Å². The van der Waals surface area contributed by atoms with Crippen molar-refractivity contribution in [2.45, 2.75) is 45.1 Å². The Morgan fingerprint density at radius 2 is 1.87 bits per heavy atom. The fourth-order valence-electron chi connectivity index (χ4n) is 3.62. The van der Waals surface area contributed by atoms with Gasteiger partial charge in [-0.2, -0.15) is 0 Å². The predicted molar refractivity (Wildman–Crippen MR) is 117 cm³/mol. The third-order valence-corrected chi connectivity index (χ3v) is 5.48. The van der Waals surface area contributed by atoms with Crippen LogP contribution in [0.5, 0.6) is 5.75 Å². The summed E-state index contributed by atoms with van der Waals surface area (Å²) in [6, 6.07) is 14.5. The zero-order valence-corrected chi connectivity index (χ0v) is 17.5. The van der Waals surface area contributed by atoms with Crippen LogP contribution in [0.1, 0.15) is 49.7 Å². The molecule has 5 nitrogen and oxygen atoms in total. The average Bonchev–Trinajstić information content (AvgIpc) is 3.25. The van der Waals surface area contributed by atoms with E-state index in [1.807, 2.05) is 18.2 Å². The first-order valence-electron chi connectivity index (χ1n) is 10.2. The first-order valence-corrected chi connectivity index (χ1v) is 10.6. The lowest BCUT2D eigenvalue weighted by Gasteiger charge is -2.10. The van der Waals surface area contributed by atoms with Gasteiger partial charge in [0.1, 0.15) is 18.1 Å². The van der Waals surface area contributed by atoms with E-state index < -0.39 is 5.97 Å². The molecular weight excluding hydrogens is 402 g/mol. The summed E-state index contributed by atoms with van der Waals surface area (Å²) in [5.74, 6) is -0.167. The Balaban J connectivity index is 1.55. The van der Waals surface area contributed by atoms with Crippen LogP contribution in [0.15, 0.2) is 54.2 Å². The molecule has 3 rings (SSSR count). The minimum absolute atomic E-state index is 0.126. The van der Waals surface area contributed by atoms with Crippen molar-refractivity contribution in [2.24, 2.45) is 5.92 Å². The van der Waals surface area contributed by atoms with Gasteiger partial charge in [0.2, 0.25) is 5.91 Å². The van der Waals surface area contributed by atoms with Crippen molar-refractivity contribution in [2.75, 3.05) is 0 Å². The molecule has 0 aromatic heterocycles. The molecule has 158 valence electrons. The predicted octanol–water partition coefficient (Wildman–Crippen LogP) is 5.43. The molecule has 1 amide bonds. The Labute approximate surface area is 181 Å². The first-order chi connectivity index (χ1) is 14.5. The van der Waals surface area contributed by atoms with Gasteiger partial charge in [0.15, 0.2) is 0 Å². The van der Waals surface area contributed by atoms with Gasteiger partial charge < -0.3 is 15.2 Å². The molecular formula is C24H26ClNO4. The van der Waals surface area contributed by atoms with E-state index in [1.54, 1.807) is 30.3 Å². The number of carboxylic acid groups (broad SMARTS) is 1. The monoisotopic (exact) mass is 427 g/mol. The van der Waals surface area contributed by atoms with Gasteiger partial charge >= 0.3 is 5.97 Å². The molecule has 1 aliphatic carbocycles. The quantitative estimate of drug-likeness (QED) is 0.523. The van der Waals surface area contributed by atoms with E-state index in [4.69, 9.17) is 16.3 Å². The van der Waals surface area contributed by atoms with Gasteiger partial charge in [0.05, 0.1) is 0 Å². The highest BCUT2D eigenvalue weighted by Crippen LogP contribution is 2.28. The maximum Gasteiger partial charge on any atom is 0.352 e. The highest BCUT2D eigenvalue weighted by molar-refractivity contribution is 6.30. The Kier molecular flexibility index (Phi) is 7.91. The van der Waals surface area contributed by atoms with Crippen LogP contribution in [-0.2, 0) is 16.2 Å². The molecule has 0 aliphatic heterocycles. The van der Waals surface area contributed by atoms with E-state index in [1.165, 1.54) is 31.8 Å². The molecule has 1 aliphatic rings. The molecule has 0 spiro atoms. The highest BCUT2D eigenvalue weighted by atomic mass is 35.5. The lowest BCUT2D eigenvalue weighted by molar-refractivity contribution is -0.134. The average molecular weight is 428 g/mol. The number of amides is 1. The molecule has 0 saturated heterocycles. The van der Waals surface area contributed by atoms with Crippen LogP contribution >= 0.6 is 11.6 Å². The van der Waals surface area contributed by atoms with E-state index >= 15 is 0 Å². The molecule has 6 heteroatoms. The lowest BCUT2D eigenvalue weighted by atomic mass is 10.0. The van der Waals surface area contributed by atoms with Crippen LogP contribution in [0.4, 0.5) is 0 Å². The number of nitrogens with one attached hydrogen (secondary N) is 1. The zero-order valence-electron chi connectivity index (χ0n) is 16.8. The summed E-state index contributed by atoms with van der Waals surface area (Å²) in [6.07, 6.45) is 7.41. The van der Waals surface area contributed by atoms with Gasteiger partial charge in [-0.15, -0.1) is 0 Å². The number of rotatable bonds is 9. The molecule has 0 radical (unpaired) electrons. The van der Waals surface area contributed by atoms with Crippen LogP contribution < -0.4 is 10.1 Å². The van der Waals surface area contributed by atoms with Gasteiger partial charge in [0.25, 0.3) is 0 Å². The fraction of sp³-hybridized carbons (Fsp3) is 0.333. The maximum absolute atomic E-state index is 12.2. The van der Waals surface area contributed by atoms with Crippen molar-refractivity contribution in [1.82, 2.24) is 5.32 Å². The summed E-state index contributed by atoms with van der Waals surface area (Å²) in [6.45, 7) is 0.382. The minimum atomic E-state index is -1.16. The van der Waals surface area contributed by atoms with Crippen molar-refractivity contribution in [1.29, 1.82) is 0 Å². The Bertz CT molecular complexity index is 902. The number of carboxylic acids is 1. The van der Waals surface area contributed by atoms with Crippen molar-refractivity contribution >= 4 is 29.6 Å². The molecule has 2 aromatic carbocycles. The van der Waals surface area contributed by atoms with E-state index in [9.17, 15) is 14.7 Å². The van der Waals surface area contributed by atoms with E-state index in [0.717, 1.165) is 12.0 Å². The van der Waals surface area contributed by atoms with Crippen LogP contribution in [0.3, 0.4) is 0 Å². The number of carbonyl (C=O) groups is 2. The first kappa shape index (κ1) is 21.9. The van der Waals surface area contributed by atoms with Gasteiger partial charge in [-0.05, 0) is 53.8 Å². The number of benzene rings is 2. The van der Waals surface area contributed by atoms with Gasteiger partial charge in [-0.3, -0.25) is 4.79 Å². The summed E-state index contributed by atoms with van der Waals surface area (Å²) < 4.78 is 5.73. The molecule has 2 N–H and O–H groups in total. The fourth-order valence-corrected chi connectivity index (χ4v) is 3.83. The van der Waals surface area contributed by atoms with Crippen LogP contribution in [0, 0.1) is 5.92 Å². The van der Waals surface area contributed by atoms with Crippen molar-refractivity contribution in [3.8, 4) is 5.75 Å². The molecule has 2 aromatic rings. The number of ether oxygens (including phenoxy) is 1. The summed E-state index contributed by atoms with van der Waals surface area (Å²) in [4.78, 5) is 23.7. The molecule has 0 bridgehead atoms. The Morgan fingerprint density at radius 3 is 2.53 bits per heavy atom. The van der Waals surface area contributed by atoms with Crippen LogP contribution in [0.2, 0.25) is 5.02 Å². The second-order valence-corrected chi connectivity index (χ2v) is 8.02. The second-order valence-electron chi connectivity index (χ2n) is 7.59. The standard InChI is InChI=1S/C24H26ClNO4/c25-20-7-3-6-19(14-20)16-30-21-11-8-18(9-12-21)15-22(24(28)29)26-23(27)13-10-17-4-1-2-5-17/h3,6-9,11-12,14-15,17H,1-2,4-5,10,13,16H2,(H,26,27)(H,28,29)/b22-15+. The number of carbonyl (C=O) groups excluding carboxylic acids is 1. The van der Waals surface area contributed by atoms with E-state index in [2.05, 4.69) is 5.32 Å². The highest BCUT2D eigenvalue weighted by Gasteiger charge is 2.17. The maximum atomic E-state index is 12.2. The Hall–Kier alpha value is -2.79.